The summed E-state index contributed by atoms with van der Waals surface area (Å²) in [5.74, 6) is 0.934. The zero-order valence-electron chi connectivity index (χ0n) is 15.3. The molecule has 2 aromatic carbocycles. The van der Waals surface area contributed by atoms with Crippen LogP contribution in [0.15, 0.2) is 66.7 Å². The molecule has 0 fully saturated rings. The average Bonchev–Trinajstić information content (AvgIpc) is 2.61. The van der Waals surface area contributed by atoms with E-state index in [0.717, 1.165) is 5.75 Å². The molecule has 0 aliphatic heterocycles. The van der Waals surface area contributed by atoms with Crippen LogP contribution in [0.2, 0.25) is 0 Å². The largest absolute Gasteiger partial charge is 0.489 e. The van der Waals surface area contributed by atoms with Gasteiger partial charge in [-0.3, -0.25) is 0 Å². The smallest absolute Gasteiger partial charge is 0.120 e. The van der Waals surface area contributed by atoms with Gasteiger partial charge < -0.3 is 4.74 Å². The molecule has 1 nitrogen and oxygen atoms in total. The predicted octanol–water partition coefficient (Wildman–Crippen LogP) is 6.68. The van der Waals surface area contributed by atoms with Gasteiger partial charge in [0.2, 0.25) is 0 Å². The molecule has 0 heterocycles. The van der Waals surface area contributed by atoms with Gasteiger partial charge >= 0.3 is 0 Å². The molecule has 0 bridgehead atoms. The Balaban J connectivity index is 1.97. The summed E-state index contributed by atoms with van der Waals surface area (Å²) in [6, 6.07) is 18.8. The fourth-order valence-electron chi connectivity index (χ4n) is 2.71. The van der Waals surface area contributed by atoms with Crippen molar-refractivity contribution in [1.82, 2.24) is 0 Å². The normalized spacial score (nSPS) is 11.8. The zero-order chi connectivity index (χ0) is 17.3. The lowest BCUT2D eigenvalue weighted by atomic mass is 9.84. The van der Waals surface area contributed by atoms with Crippen LogP contribution >= 0.6 is 0 Å². The van der Waals surface area contributed by atoms with E-state index in [1.807, 2.05) is 24.3 Å². The van der Waals surface area contributed by atoms with Crippen molar-refractivity contribution >= 4 is 0 Å². The Morgan fingerprint density at radius 3 is 2.50 bits per heavy atom. The molecule has 0 aliphatic carbocycles. The predicted molar refractivity (Wildman–Crippen MR) is 104 cm³/mol. The van der Waals surface area contributed by atoms with Gasteiger partial charge in [-0.25, -0.2) is 0 Å². The van der Waals surface area contributed by atoms with Crippen LogP contribution in [0.25, 0.3) is 0 Å². The van der Waals surface area contributed by atoms with Crippen molar-refractivity contribution in [3.8, 4) is 5.75 Å². The molecule has 0 N–H and O–H groups in total. The van der Waals surface area contributed by atoms with Gasteiger partial charge in [-0.1, -0.05) is 88.2 Å². The van der Waals surface area contributed by atoms with Gasteiger partial charge in [0, 0.05) is 5.41 Å². The van der Waals surface area contributed by atoms with Crippen LogP contribution in [-0.4, -0.2) is 0 Å². The molecule has 0 saturated carbocycles. The van der Waals surface area contributed by atoms with Crippen LogP contribution in [0.5, 0.6) is 5.75 Å². The van der Waals surface area contributed by atoms with E-state index in [1.165, 1.54) is 36.8 Å². The van der Waals surface area contributed by atoms with Crippen molar-refractivity contribution in [2.45, 2.75) is 58.5 Å². The van der Waals surface area contributed by atoms with Crippen molar-refractivity contribution in [1.29, 1.82) is 0 Å². The number of hydrogen-bond acceptors (Lipinski definition) is 1. The fraction of sp³-hybridized carbons (Fsp3) is 0.391. The monoisotopic (exact) mass is 322 g/mol. The van der Waals surface area contributed by atoms with Gasteiger partial charge in [-0.2, -0.15) is 0 Å². The summed E-state index contributed by atoms with van der Waals surface area (Å²) in [7, 11) is 0. The van der Waals surface area contributed by atoms with E-state index in [4.69, 9.17) is 4.74 Å². The van der Waals surface area contributed by atoms with Crippen molar-refractivity contribution in [2.24, 2.45) is 0 Å². The number of benzene rings is 2. The van der Waals surface area contributed by atoms with Crippen molar-refractivity contribution in [3.63, 3.8) is 0 Å². The maximum Gasteiger partial charge on any atom is 0.120 e. The SMILES string of the molecule is CCCCCC=CC(C)(C)c1cccc(OCc2ccccc2)c1. The Hall–Kier alpha value is -2.02. The fourth-order valence-corrected chi connectivity index (χ4v) is 2.71. The first kappa shape index (κ1) is 18.3. The summed E-state index contributed by atoms with van der Waals surface area (Å²) >= 11 is 0. The maximum atomic E-state index is 5.96. The lowest BCUT2D eigenvalue weighted by molar-refractivity contribution is 0.305. The van der Waals surface area contributed by atoms with Crippen molar-refractivity contribution in [2.75, 3.05) is 0 Å². The molecule has 0 unspecified atom stereocenters. The third-order valence-electron chi connectivity index (χ3n) is 4.34. The summed E-state index contributed by atoms with van der Waals surface area (Å²) in [4.78, 5) is 0. The first-order valence-corrected chi connectivity index (χ1v) is 9.07. The molecule has 24 heavy (non-hydrogen) atoms. The molecule has 0 spiro atoms. The van der Waals surface area contributed by atoms with Gasteiger partial charge in [-0.15, -0.1) is 0 Å². The highest BCUT2D eigenvalue weighted by atomic mass is 16.5. The second-order valence-corrected chi connectivity index (χ2v) is 6.92. The molecule has 1 heteroatoms. The topological polar surface area (TPSA) is 9.23 Å². The third-order valence-corrected chi connectivity index (χ3v) is 4.34. The highest BCUT2D eigenvalue weighted by molar-refractivity contribution is 5.36. The summed E-state index contributed by atoms with van der Waals surface area (Å²) < 4.78 is 5.96. The number of ether oxygens (including phenoxy) is 1. The molecule has 2 rings (SSSR count). The number of allylic oxidation sites excluding steroid dienone is 2. The van der Waals surface area contributed by atoms with Gasteiger partial charge in [0.05, 0.1) is 0 Å². The molecule has 0 atom stereocenters. The minimum atomic E-state index is 0.0261. The summed E-state index contributed by atoms with van der Waals surface area (Å²) in [5, 5.41) is 0. The minimum absolute atomic E-state index is 0.0261. The third kappa shape index (κ3) is 5.88. The number of hydrogen-bond donors (Lipinski definition) is 0. The molecule has 128 valence electrons. The maximum absolute atomic E-state index is 5.96. The Labute approximate surface area is 147 Å². The first-order chi connectivity index (χ1) is 11.6. The van der Waals surface area contributed by atoms with Crippen molar-refractivity contribution in [3.05, 3.63) is 77.9 Å². The minimum Gasteiger partial charge on any atom is -0.489 e. The molecular formula is C23H30O. The summed E-state index contributed by atoms with van der Waals surface area (Å²) in [6.45, 7) is 7.38. The molecular weight excluding hydrogens is 292 g/mol. The molecule has 0 aromatic heterocycles. The quantitative estimate of drug-likeness (QED) is 0.369. The Morgan fingerprint density at radius 1 is 0.958 bits per heavy atom. The molecule has 0 aliphatic rings. The van der Waals surface area contributed by atoms with Crippen LogP contribution in [0.3, 0.4) is 0 Å². The zero-order valence-corrected chi connectivity index (χ0v) is 15.3. The second-order valence-electron chi connectivity index (χ2n) is 6.92. The summed E-state index contributed by atoms with van der Waals surface area (Å²) in [5.41, 5.74) is 2.51. The Bertz CT molecular complexity index is 625. The Morgan fingerprint density at radius 2 is 1.75 bits per heavy atom. The lowest BCUT2D eigenvalue weighted by Gasteiger charge is -2.22. The van der Waals surface area contributed by atoms with E-state index in [0.29, 0.717) is 6.61 Å². The van der Waals surface area contributed by atoms with Crippen LogP contribution < -0.4 is 4.74 Å². The standard InChI is InChI=1S/C23H30O/c1-4-5-6-7-11-17-23(2,3)21-15-12-16-22(18-21)24-19-20-13-9-8-10-14-20/h8-18H,4-7,19H2,1-3H3. The van der Waals surface area contributed by atoms with E-state index < -0.39 is 0 Å². The second kappa shape index (κ2) is 9.32. The number of rotatable bonds is 9. The van der Waals surface area contributed by atoms with Gasteiger partial charge in [0.15, 0.2) is 0 Å². The molecule has 0 saturated heterocycles. The van der Waals surface area contributed by atoms with E-state index in [9.17, 15) is 0 Å². The Kier molecular flexibility index (Phi) is 7.11. The van der Waals surface area contributed by atoms with Gasteiger partial charge in [0.1, 0.15) is 12.4 Å². The van der Waals surface area contributed by atoms with Crippen LogP contribution in [0.1, 0.15) is 57.6 Å². The molecule has 0 radical (unpaired) electrons. The highest BCUT2D eigenvalue weighted by Crippen LogP contribution is 2.28. The van der Waals surface area contributed by atoms with Crippen LogP contribution in [0.4, 0.5) is 0 Å². The average molecular weight is 322 g/mol. The van der Waals surface area contributed by atoms with Crippen LogP contribution in [0, 0.1) is 0 Å². The van der Waals surface area contributed by atoms with Crippen LogP contribution in [-0.2, 0) is 12.0 Å². The lowest BCUT2D eigenvalue weighted by Crippen LogP contribution is -2.13. The first-order valence-electron chi connectivity index (χ1n) is 9.07. The number of unbranched alkanes of at least 4 members (excludes halogenated alkanes) is 3. The van der Waals surface area contributed by atoms with E-state index in [-0.39, 0.29) is 5.41 Å². The van der Waals surface area contributed by atoms with Crippen molar-refractivity contribution < 1.29 is 4.74 Å². The van der Waals surface area contributed by atoms with Gasteiger partial charge in [-0.05, 0) is 36.1 Å². The molecule has 2 aromatic rings. The highest BCUT2D eigenvalue weighted by Gasteiger charge is 2.17. The van der Waals surface area contributed by atoms with E-state index >= 15 is 0 Å². The van der Waals surface area contributed by atoms with Gasteiger partial charge in [0.25, 0.3) is 0 Å². The van der Waals surface area contributed by atoms with E-state index in [1.54, 1.807) is 0 Å². The summed E-state index contributed by atoms with van der Waals surface area (Å²) in [6.07, 6.45) is 9.70. The van der Waals surface area contributed by atoms with E-state index in [2.05, 4.69) is 63.3 Å². The molecule has 0 amide bonds.